The van der Waals surface area contributed by atoms with Crippen molar-refractivity contribution in [2.24, 2.45) is 5.73 Å². The molecule has 0 spiro atoms. The predicted octanol–water partition coefficient (Wildman–Crippen LogP) is 2.93. The molecule has 1 aliphatic rings. The smallest absolute Gasteiger partial charge is 0.122 e. The SMILES string of the molecule is CCC(N)C(c1ccco1)N1CCCCCC1. The van der Waals surface area contributed by atoms with Crippen molar-refractivity contribution in [3.63, 3.8) is 0 Å². The van der Waals surface area contributed by atoms with Crippen LogP contribution in [0.15, 0.2) is 22.8 Å². The minimum Gasteiger partial charge on any atom is -0.468 e. The molecule has 1 aromatic heterocycles. The topological polar surface area (TPSA) is 42.4 Å². The predicted molar refractivity (Wildman–Crippen MR) is 69.8 cm³/mol. The summed E-state index contributed by atoms with van der Waals surface area (Å²) < 4.78 is 5.59. The summed E-state index contributed by atoms with van der Waals surface area (Å²) in [5.41, 5.74) is 6.29. The average Bonchev–Trinajstić information content (AvgIpc) is 2.73. The molecule has 3 nitrogen and oxygen atoms in total. The fourth-order valence-corrected chi connectivity index (χ4v) is 2.72. The second-order valence-electron chi connectivity index (χ2n) is 4.98. The summed E-state index contributed by atoms with van der Waals surface area (Å²) in [5, 5.41) is 0. The standard InChI is InChI=1S/C14H24N2O/c1-2-12(15)14(13-8-7-11-17-13)16-9-5-3-4-6-10-16/h7-8,11-12,14H,2-6,9-10,15H2,1H3. The number of hydrogen-bond donors (Lipinski definition) is 1. The van der Waals surface area contributed by atoms with Crippen molar-refractivity contribution in [1.29, 1.82) is 0 Å². The Morgan fingerprint density at radius 2 is 2.00 bits per heavy atom. The summed E-state index contributed by atoms with van der Waals surface area (Å²) in [6.07, 6.45) is 8.01. The van der Waals surface area contributed by atoms with Crippen LogP contribution in [0.5, 0.6) is 0 Å². The van der Waals surface area contributed by atoms with Gasteiger partial charge in [0.05, 0.1) is 12.3 Å². The molecule has 1 aliphatic heterocycles. The molecule has 0 radical (unpaired) electrons. The maximum atomic E-state index is 6.29. The van der Waals surface area contributed by atoms with E-state index < -0.39 is 0 Å². The van der Waals surface area contributed by atoms with Gasteiger partial charge in [-0.1, -0.05) is 19.8 Å². The zero-order valence-corrected chi connectivity index (χ0v) is 10.8. The molecule has 1 aromatic rings. The van der Waals surface area contributed by atoms with Crippen LogP contribution in [-0.4, -0.2) is 24.0 Å². The normalized spacial score (nSPS) is 22.0. The summed E-state index contributed by atoms with van der Waals surface area (Å²) in [6.45, 7) is 4.45. The molecule has 17 heavy (non-hydrogen) atoms. The summed E-state index contributed by atoms with van der Waals surface area (Å²) >= 11 is 0. The van der Waals surface area contributed by atoms with Crippen molar-refractivity contribution in [2.45, 2.75) is 51.1 Å². The van der Waals surface area contributed by atoms with E-state index >= 15 is 0 Å². The van der Waals surface area contributed by atoms with Gasteiger partial charge in [-0.05, 0) is 44.5 Å². The van der Waals surface area contributed by atoms with Crippen molar-refractivity contribution >= 4 is 0 Å². The molecule has 1 saturated heterocycles. The molecule has 0 aliphatic carbocycles. The van der Waals surface area contributed by atoms with E-state index in [9.17, 15) is 0 Å². The van der Waals surface area contributed by atoms with Crippen LogP contribution in [0.3, 0.4) is 0 Å². The van der Waals surface area contributed by atoms with Gasteiger partial charge >= 0.3 is 0 Å². The average molecular weight is 236 g/mol. The quantitative estimate of drug-likeness (QED) is 0.874. The number of furan rings is 1. The highest BCUT2D eigenvalue weighted by Gasteiger charge is 2.28. The first-order chi connectivity index (χ1) is 8.33. The van der Waals surface area contributed by atoms with E-state index in [-0.39, 0.29) is 12.1 Å². The summed E-state index contributed by atoms with van der Waals surface area (Å²) in [4.78, 5) is 2.51. The van der Waals surface area contributed by atoms with Gasteiger partial charge in [0.25, 0.3) is 0 Å². The molecule has 2 N–H and O–H groups in total. The summed E-state index contributed by atoms with van der Waals surface area (Å²) in [6, 6.07) is 4.44. The fraction of sp³-hybridized carbons (Fsp3) is 0.714. The maximum Gasteiger partial charge on any atom is 0.122 e. The molecular weight excluding hydrogens is 212 g/mol. The Labute approximate surface area is 104 Å². The van der Waals surface area contributed by atoms with Crippen molar-refractivity contribution in [1.82, 2.24) is 4.90 Å². The minimum atomic E-state index is 0.166. The third-order valence-corrected chi connectivity index (χ3v) is 3.75. The Balaban J connectivity index is 2.14. The van der Waals surface area contributed by atoms with Crippen LogP contribution in [0.25, 0.3) is 0 Å². The van der Waals surface area contributed by atoms with Gasteiger partial charge in [-0.25, -0.2) is 0 Å². The molecule has 2 unspecified atom stereocenters. The molecule has 3 heteroatoms. The van der Waals surface area contributed by atoms with Crippen LogP contribution in [-0.2, 0) is 0 Å². The number of likely N-dealkylation sites (tertiary alicyclic amines) is 1. The Kier molecular flexibility index (Phi) is 4.63. The fourth-order valence-electron chi connectivity index (χ4n) is 2.72. The summed E-state index contributed by atoms with van der Waals surface area (Å²) in [7, 11) is 0. The number of nitrogens with two attached hydrogens (primary N) is 1. The highest BCUT2D eigenvalue weighted by molar-refractivity contribution is 5.08. The highest BCUT2D eigenvalue weighted by Crippen LogP contribution is 2.27. The Morgan fingerprint density at radius 3 is 2.53 bits per heavy atom. The van der Waals surface area contributed by atoms with E-state index in [0.717, 1.165) is 25.3 Å². The van der Waals surface area contributed by atoms with Gasteiger partial charge in [-0.2, -0.15) is 0 Å². The number of hydrogen-bond acceptors (Lipinski definition) is 3. The van der Waals surface area contributed by atoms with Crippen LogP contribution in [0.4, 0.5) is 0 Å². The number of nitrogens with zero attached hydrogens (tertiary/aromatic N) is 1. The second kappa shape index (κ2) is 6.22. The van der Waals surface area contributed by atoms with Crippen molar-refractivity contribution in [2.75, 3.05) is 13.1 Å². The third-order valence-electron chi connectivity index (χ3n) is 3.75. The summed E-state index contributed by atoms with van der Waals surface area (Å²) in [5.74, 6) is 1.03. The van der Waals surface area contributed by atoms with E-state index in [0.29, 0.717) is 0 Å². The van der Waals surface area contributed by atoms with E-state index in [1.807, 2.05) is 6.07 Å². The Morgan fingerprint density at radius 1 is 1.29 bits per heavy atom. The third kappa shape index (κ3) is 3.11. The maximum absolute atomic E-state index is 6.29. The van der Waals surface area contributed by atoms with Crippen molar-refractivity contribution in [3.05, 3.63) is 24.2 Å². The van der Waals surface area contributed by atoms with Gasteiger partial charge in [0, 0.05) is 6.04 Å². The van der Waals surface area contributed by atoms with E-state index in [2.05, 4.69) is 17.9 Å². The lowest BCUT2D eigenvalue weighted by atomic mass is 10.0. The molecule has 96 valence electrons. The molecule has 2 atom stereocenters. The number of rotatable bonds is 4. The first-order valence-corrected chi connectivity index (χ1v) is 6.86. The molecule has 2 rings (SSSR count). The second-order valence-corrected chi connectivity index (χ2v) is 4.98. The van der Waals surface area contributed by atoms with E-state index in [4.69, 9.17) is 10.2 Å². The van der Waals surface area contributed by atoms with Crippen LogP contribution in [0, 0.1) is 0 Å². The molecule has 2 heterocycles. The van der Waals surface area contributed by atoms with Crippen LogP contribution >= 0.6 is 0 Å². The molecule has 0 aromatic carbocycles. The largest absolute Gasteiger partial charge is 0.468 e. The lowest BCUT2D eigenvalue weighted by molar-refractivity contribution is 0.153. The van der Waals surface area contributed by atoms with Gasteiger partial charge in [-0.3, -0.25) is 4.90 Å². The van der Waals surface area contributed by atoms with Gasteiger partial charge in [0.15, 0.2) is 0 Å². The Hall–Kier alpha value is -0.800. The highest BCUT2D eigenvalue weighted by atomic mass is 16.3. The zero-order valence-electron chi connectivity index (χ0n) is 10.8. The molecule has 1 fully saturated rings. The monoisotopic (exact) mass is 236 g/mol. The zero-order chi connectivity index (χ0) is 12.1. The minimum absolute atomic E-state index is 0.166. The lowest BCUT2D eigenvalue weighted by Gasteiger charge is -2.33. The van der Waals surface area contributed by atoms with Crippen molar-refractivity contribution < 1.29 is 4.42 Å². The first-order valence-electron chi connectivity index (χ1n) is 6.86. The van der Waals surface area contributed by atoms with Crippen molar-refractivity contribution in [3.8, 4) is 0 Å². The Bertz CT molecular complexity index is 302. The van der Waals surface area contributed by atoms with Crippen LogP contribution in [0.2, 0.25) is 0 Å². The molecule has 0 amide bonds. The van der Waals surface area contributed by atoms with Crippen LogP contribution < -0.4 is 5.73 Å². The van der Waals surface area contributed by atoms with Gasteiger partial charge < -0.3 is 10.2 Å². The van der Waals surface area contributed by atoms with E-state index in [1.165, 1.54) is 25.7 Å². The molecule has 0 bridgehead atoms. The van der Waals surface area contributed by atoms with E-state index in [1.54, 1.807) is 6.26 Å². The van der Waals surface area contributed by atoms with Gasteiger partial charge in [0.2, 0.25) is 0 Å². The van der Waals surface area contributed by atoms with Gasteiger partial charge in [0.1, 0.15) is 5.76 Å². The molecular formula is C14H24N2O. The molecule has 0 saturated carbocycles. The first kappa shape index (κ1) is 12.7. The van der Waals surface area contributed by atoms with Gasteiger partial charge in [-0.15, -0.1) is 0 Å². The lowest BCUT2D eigenvalue weighted by Crippen LogP contribution is -2.41. The van der Waals surface area contributed by atoms with Crippen LogP contribution in [0.1, 0.15) is 50.8 Å².